The van der Waals surface area contributed by atoms with Crippen LogP contribution in [0.3, 0.4) is 0 Å². The normalized spacial score (nSPS) is 11.2. The second kappa shape index (κ2) is 17.0. The van der Waals surface area contributed by atoms with E-state index >= 15 is 0 Å². The molecule has 8 heteroatoms. The fraction of sp³-hybridized carbons (Fsp3) is 0.632. The number of nitrogens with one attached hydrogen (secondary N) is 2. The molecule has 0 spiro atoms. The Morgan fingerprint density at radius 3 is 2.63 bits per heavy atom. The molecule has 0 atom stereocenters. The predicted molar refractivity (Wildman–Crippen MR) is 121 cm³/mol. The third-order valence-corrected chi connectivity index (χ3v) is 3.74. The van der Waals surface area contributed by atoms with Crippen LogP contribution in [-0.2, 0) is 16.0 Å². The molecule has 1 aromatic rings. The first-order chi connectivity index (χ1) is 12.7. The summed E-state index contributed by atoms with van der Waals surface area (Å²) in [5.74, 6) is 1.64. The maximum atomic E-state index is 5.85. The van der Waals surface area contributed by atoms with E-state index in [0.717, 1.165) is 50.1 Å². The van der Waals surface area contributed by atoms with Gasteiger partial charge < -0.3 is 29.7 Å². The van der Waals surface area contributed by atoms with Crippen LogP contribution in [0.2, 0.25) is 0 Å². The molecule has 0 bridgehead atoms. The summed E-state index contributed by atoms with van der Waals surface area (Å²) < 4.78 is 16.2. The minimum atomic E-state index is 0. The third-order valence-electron chi connectivity index (χ3n) is 3.74. The molecule has 7 nitrogen and oxygen atoms in total. The SMILES string of the molecule is CCOCCNC(=NC)NCc1cccc(OCCN(C)CCOC)c1.I. The molecule has 27 heavy (non-hydrogen) atoms. The van der Waals surface area contributed by atoms with E-state index in [1.165, 1.54) is 0 Å². The first kappa shape index (κ1) is 25.9. The minimum absolute atomic E-state index is 0. The molecule has 0 fully saturated rings. The summed E-state index contributed by atoms with van der Waals surface area (Å²) in [4.78, 5) is 6.40. The molecule has 0 aliphatic rings. The number of likely N-dealkylation sites (N-methyl/N-ethyl adjacent to an activating group) is 1. The van der Waals surface area contributed by atoms with Crippen molar-refractivity contribution < 1.29 is 14.2 Å². The van der Waals surface area contributed by atoms with Crippen LogP contribution in [0, 0.1) is 0 Å². The van der Waals surface area contributed by atoms with Crippen molar-refractivity contribution in [1.29, 1.82) is 0 Å². The van der Waals surface area contributed by atoms with Crippen LogP contribution in [0.1, 0.15) is 12.5 Å². The van der Waals surface area contributed by atoms with Crippen molar-refractivity contribution in [2.75, 3.05) is 67.3 Å². The number of guanidine groups is 1. The van der Waals surface area contributed by atoms with Crippen molar-refractivity contribution in [1.82, 2.24) is 15.5 Å². The first-order valence-electron chi connectivity index (χ1n) is 9.11. The maximum absolute atomic E-state index is 5.85. The molecule has 2 N–H and O–H groups in total. The van der Waals surface area contributed by atoms with Gasteiger partial charge in [0.25, 0.3) is 0 Å². The lowest BCUT2D eigenvalue weighted by Crippen LogP contribution is -2.38. The van der Waals surface area contributed by atoms with E-state index in [4.69, 9.17) is 14.2 Å². The second-order valence-electron chi connectivity index (χ2n) is 5.84. The van der Waals surface area contributed by atoms with Crippen LogP contribution in [-0.4, -0.2) is 78.1 Å². The molecule has 0 aliphatic carbocycles. The number of halogens is 1. The van der Waals surface area contributed by atoms with Gasteiger partial charge in [0.05, 0.1) is 13.2 Å². The lowest BCUT2D eigenvalue weighted by molar-refractivity contribution is 0.150. The van der Waals surface area contributed by atoms with Gasteiger partial charge in [-0.15, -0.1) is 24.0 Å². The van der Waals surface area contributed by atoms with Gasteiger partial charge in [0, 0.05) is 46.9 Å². The standard InChI is InChI=1S/C19H34N4O3.HI/c1-5-25-12-9-21-19(20-2)22-16-17-7-6-8-18(15-17)26-14-11-23(3)10-13-24-4;/h6-8,15H,5,9-14,16H2,1-4H3,(H2,20,21,22);1H. The van der Waals surface area contributed by atoms with E-state index in [0.29, 0.717) is 19.8 Å². The summed E-state index contributed by atoms with van der Waals surface area (Å²) in [6.07, 6.45) is 0. The Morgan fingerprint density at radius 2 is 1.93 bits per heavy atom. The maximum Gasteiger partial charge on any atom is 0.191 e. The second-order valence-corrected chi connectivity index (χ2v) is 5.84. The minimum Gasteiger partial charge on any atom is -0.492 e. The summed E-state index contributed by atoms with van der Waals surface area (Å²) >= 11 is 0. The zero-order valence-corrected chi connectivity index (χ0v) is 19.3. The Morgan fingerprint density at radius 1 is 1.15 bits per heavy atom. The number of hydrogen-bond donors (Lipinski definition) is 2. The van der Waals surface area contributed by atoms with Crippen LogP contribution >= 0.6 is 24.0 Å². The number of hydrogen-bond acceptors (Lipinski definition) is 5. The highest BCUT2D eigenvalue weighted by molar-refractivity contribution is 14.0. The summed E-state index contributed by atoms with van der Waals surface area (Å²) in [5, 5.41) is 6.51. The number of rotatable bonds is 13. The molecular formula is C19H35IN4O3. The highest BCUT2D eigenvalue weighted by Crippen LogP contribution is 2.13. The number of nitrogens with zero attached hydrogens (tertiary/aromatic N) is 2. The average Bonchev–Trinajstić information content (AvgIpc) is 2.66. The molecule has 1 rings (SSSR count). The van der Waals surface area contributed by atoms with Crippen LogP contribution in [0.5, 0.6) is 5.75 Å². The molecule has 0 aliphatic heterocycles. The van der Waals surface area contributed by atoms with Gasteiger partial charge in [-0.05, 0) is 31.7 Å². The molecule has 156 valence electrons. The van der Waals surface area contributed by atoms with Crippen molar-refractivity contribution in [3.63, 3.8) is 0 Å². The first-order valence-corrected chi connectivity index (χ1v) is 9.11. The van der Waals surface area contributed by atoms with E-state index in [9.17, 15) is 0 Å². The lowest BCUT2D eigenvalue weighted by Gasteiger charge is -2.16. The van der Waals surface area contributed by atoms with Gasteiger partial charge in [0.2, 0.25) is 0 Å². The van der Waals surface area contributed by atoms with Gasteiger partial charge in [-0.25, -0.2) is 0 Å². The van der Waals surface area contributed by atoms with Gasteiger partial charge in [0.1, 0.15) is 12.4 Å². The summed E-state index contributed by atoms with van der Waals surface area (Å²) in [6, 6.07) is 8.10. The topological polar surface area (TPSA) is 67.3 Å². The van der Waals surface area contributed by atoms with Gasteiger partial charge >= 0.3 is 0 Å². The number of benzene rings is 1. The van der Waals surface area contributed by atoms with Crippen LogP contribution in [0.15, 0.2) is 29.3 Å². The largest absolute Gasteiger partial charge is 0.492 e. The Labute approximate surface area is 180 Å². The molecule has 1 aromatic carbocycles. The van der Waals surface area contributed by atoms with Crippen molar-refractivity contribution in [3.8, 4) is 5.75 Å². The Balaban J connectivity index is 0.00000676. The van der Waals surface area contributed by atoms with Gasteiger partial charge in [-0.3, -0.25) is 4.99 Å². The van der Waals surface area contributed by atoms with E-state index in [2.05, 4.69) is 39.7 Å². The number of aliphatic imine (C=N–C) groups is 1. The van der Waals surface area contributed by atoms with Crippen LogP contribution in [0.4, 0.5) is 0 Å². The Kier molecular flexibility index (Phi) is 16.3. The molecule has 0 aromatic heterocycles. The monoisotopic (exact) mass is 494 g/mol. The third kappa shape index (κ3) is 12.8. The highest BCUT2D eigenvalue weighted by Gasteiger charge is 2.02. The molecule has 0 unspecified atom stereocenters. The molecule has 0 heterocycles. The summed E-state index contributed by atoms with van der Waals surface area (Å²) in [6.45, 7) is 7.94. The molecule has 0 radical (unpaired) electrons. The van der Waals surface area contributed by atoms with Crippen LogP contribution in [0.25, 0.3) is 0 Å². The highest BCUT2D eigenvalue weighted by atomic mass is 127. The lowest BCUT2D eigenvalue weighted by atomic mass is 10.2. The van der Waals surface area contributed by atoms with Crippen LogP contribution < -0.4 is 15.4 Å². The predicted octanol–water partition coefficient (Wildman–Crippen LogP) is 1.96. The van der Waals surface area contributed by atoms with Gasteiger partial charge in [-0.2, -0.15) is 0 Å². The van der Waals surface area contributed by atoms with Gasteiger partial charge in [-0.1, -0.05) is 12.1 Å². The number of ether oxygens (including phenoxy) is 3. The Hall–Kier alpha value is -1.10. The fourth-order valence-electron chi connectivity index (χ4n) is 2.22. The van der Waals surface area contributed by atoms with Crippen molar-refractivity contribution in [2.24, 2.45) is 4.99 Å². The van der Waals surface area contributed by atoms with Crippen molar-refractivity contribution in [3.05, 3.63) is 29.8 Å². The average molecular weight is 494 g/mol. The molecule has 0 amide bonds. The van der Waals surface area contributed by atoms with E-state index in [-0.39, 0.29) is 24.0 Å². The van der Waals surface area contributed by atoms with Crippen molar-refractivity contribution in [2.45, 2.75) is 13.5 Å². The zero-order chi connectivity index (χ0) is 19.0. The molecular weight excluding hydrogens is 459 g/mol. The molecule has 0 saturated heterocycles. The summed E-state index contributed by atoms with van der Waals surface area (Å²) in [7, 11) is 5.54. The van der Waals surface area contributed by atoms with E-state index in [1.807, 2.05) is 19.1 Å². The fourth-order valence-corrected chi connectivity index (χ4v) is 2.22. The number of methoxy groups -OCH3 is 1. The zero-order valence-electron chi connectivity index (χ0n) is 17.0. The smallest absolute Gasteiger partial charge is 0.191 e. The molecule has 0 saturated carbocycles. The van der Waals surface area contributed by atoms with Crippen molar-refractivity contribution >= 4 is 29.9 Å². The Bertz CT molecular complexity index is 517. The summed E-state index contributed by atoms with van der Waals surface area (Å²) in [5.41, 5.74) is 1.14. The quantitative estimate of drug-likeness (QED) is 0.189. The van der Waals surface area contributed by atoms with Gasteiger partial charge in [0.15, 0.2) is 5.96 Å². The van der Waals surface area contributed by atoms with E-state index < -0.39 is 0 Å². The van der Waals surface area contributed by atoms with E-state index in [1.54, 1.807) is 14.2 Å².